The van der Waals surface area contributed by atoms with Crippen LogP contribution in [0.1, 0.15) is 43.9 Å². The fraction of sp³-hybridized carbons (Fsp3) is 0.667. The van der Waals surface area contributed by atoms with Crippen molar-refractivity contribution in [3.05, 3.63) is 29.7 Å². The molecule has 5 nitrogen and oxygen atoms in total. The van der Waals surface area contributed by atoms with E-state index in [0.717, 1.165) is 37.4 Å². The second kappa shape index (κ2) is 8.59. The maximum Gasteiger partial charge on any atom is 0.161 e. The van der Waals surface area contributed by atoms with Crippen LogP contribution in [-0.4, -0.2) is 54.6 Å². The minimum atomic E-state index is -0.365. The lowest BCUT2D eigenvalue weighted by Gasteiger charge is -2.46. The van der Waals surface area contributed by atoms with E-state index in [9.17, 15) is 5.11 Å². The predicted molar refractivity (Wildman–Crippen MR) is 101 cm³/mol. The van der Waals surface area contributed by atoms with Crippen molar-refractivity contribution < 1.29 is 19.7 Å². The van der Waals surface area contributed by atoms with Crippen molar-refractivity contribution in [3.63, 3.8) is 0 Å². The van der Waals surface area contributed by atoms with Gasteiger partial charge >= 0.3 is 0 Å². The zero-order chi connectivity index (χ0) is 18.7. The SMILES string of the molecule is COc1cc2c(cc1OCCCO)CCN1C[C@@H](CC(C)C)[C@H](O)[CH]C21. The van der Waals surface area contributed by atoms with E-state index in [1.54, 1.807) is 7.11 Å². The van der Waals surface area contributed by atoms with Crippen molar-refractivity contribution in [2.24, 2.45) is 11.8 Å². The number of aliphatic hydroxyl groups is 2. The van der Waals surface area contributed by atoms with E-state index in [2.05, 4.69) is 37.3 Å². The van der Waals surface area contributed by atoms with Gasteiger partial charge in [0.25, 0.3) is 0 Å². The number of rotatable bonds is 7. The van der Waals surface area contributed by atoms with Crippen LogP contribution in [0.2, 0.25) is 0 Å². The van der Waals surface area contributed by atoms with Crippen molar-refractivity contribution in [2.45, 2.75) is 45.3 Å². The summed E-state index contributed by atoms with van der Waals surface area (Å²) in [6.45, 7) is 6.97. The molecule has 2 N–H and O–H groups in total. The lowest BCUT2D eigenvalue weighted by molar-refractivity contribution is 0.0234. The first-order valence-corrected chi connectivity index (χ1v) is 9.75. The summed E-state index contributed by atoms with van der Waals surface area (Å²) >= 11 is 0. The number of piperidine rings is 1. The van der Waals surface area contributed by atoms with Gasteiger partial charge in [-0.05, 0) is 47.9 Å². The molecule has 5 heteroatoms. The van der Waals surface area contributed by atoms with Crippen LogP contribution < -0.4 is 9.47 Å². The zero-order valence-electron chi connectivity index (χ0n) is 16.1. The van der Waals surface area contributed by atoms with Crippen LogP contribution in [-0.2, 0) is 6.42 Å². The highest BCUT2D eigenvalue weighted by molar-refractivity contribution is 5.50. The predicted octanol–water partition coefficient (Wildman–Crippen LogP) is 2.60. The Labute approximate surface area is 156 Å². The van der Waals surface area contributed by atoms with E-state index in [1.807, 2.05) is 0 Å². The molecule has 0 aliphatic carbocycles. The van der Waals surface area contributed by atoms with E-state index in [4.69, 9.17) is 14.6 Å². The first-order chi connectivity index (χ1) is 12.5. The van der Waals surface area contributed by atoms with E-state index in [0.29, 0.717) is 24.9 Å². The number of nitrogens with zero attached hydrogens (tertiary/aromatic N) is 1. The highest BCUT2D eigenvalue weighted by Crippen LogP contribution is 2.43. The van der Waals surface area contributed by atoms with Gasteiger partial charge in [0.15, 0.2) is 11.5 Å². The summed E-state index contributed by atoms with van der Waals surface area (Å²) in [5.41, 5.74) is 2.47. The van der Waals surface area contributed by atoms with Crippen molar-refractivity contribution in [3.8, 4) is 11.5 Å². The minimum absolute atomic E-state index is 0.120. The molecule has 3 rings (SSSR count). The van der Waals surface area contributed by atoms with Crippen LogP contribution in [0.25, 0.3) is 0 Å². The number of ether oxygens (including phenoxy) is 2. The van der Waals surface area contributed by atoms with Gasteiger partial charge in [-0.25, -0.2) is 0 Å². The Hall–Kier alpha value is -1.30. The van der Waals surface area contributed by atoms with Crippen molar-refractivity contribution in [1.29, 1.82) is 0 Å². The average molecular weight is 362 g/mol. The third-order valence-electron chi connectivity index (χ3n) is 5.47. The molecule has 1 aromatic carbocycles. The summed E-state index contributed by atoms with van der Waals surface area (Å²) in [4.78, 5) is 2.48. The largest absolute Gasteiger partial charge is 0.493 e. The molecule has 2 aliphatic rings. The summed E-state index contributed by atoms with van der Waals surface area (Å²) < 4.78 is 11.3. The van der Waals surface area contributed by atoms with Crippen LogP contribution >= 0.6 is 0 Å². The summed E-state index contributed by atoms with van der Waals surface area (Å²) in [5, 5.41) is 19.6. The van der Waals surface area contributed by atoms with Crippen molar-refractivity contribution >= 4 is 0 Å². The number of aliphatic hydroxyl groups excluding tert-OH is 2. The van der Waals surface area contributed by atoms with Gasteiger partial charge in [0.1, 0.15) is 0 Å². The van der Waals surface area contributed by atoms with Crippen molar-refractivity contribution in [1.82, 2.24) is 4.90 Å². The Bertz CT molecular complexity index is 604. The molecule has 2 aliphatic heterocycles. The average Bonchev–Trinajstić information content (AvgIpc) is 2.61. The van der Waals surface area contributed by atoms with E-state index in [-0.39, 0.29) is 18.8 Å². The first-order valence-electron chi connectivity index (χ1n) is 9.75. The Balaban J connectivity index is 1.80. The lowest BCUT2D eigenvalue weighted by atomic mass is 9.79. The molecule has 1 saturated heterocycles. The van der Waals surface area contributed by atoms with Gasteiger partial charge < -0.3 is 19.7 Å². The third-order valence-corrected chi connectivity index (χ3v) is 5.47. The van der Waals surface area contributed by atoms with Crippen LogP contribution in [0.3, 0.4) is 0 Å². The molecule has 1 unspecified atom stereocenters. The molecule has 3 atom stereocenters. The monoisotopic (exact) mass is 362 g/mol. The highest BCUT2D eigenvalue weighted by atomic mass is 16.5. The molecular formula is C21H32NO4. The standard InChI is InChI=1S/C21H32NO4/c1-14(2)9-16-13-22-6-5-15-10-21(26-8-4-7-23)20(25-3)11-17(15)18(22)12-19(16)24/h10-12,14,16,18-19,23-24H,4-9,13H2,1-3H3/t16-,18?,19-/m1/s1. The molecule has 0 bridgehead atoms. The first kappa shape index (κ1) is 19.5. The van der Waals surface area contributed by atoms with E-state index < -0.39 is 0 Å². The Morgan fingerprint density at radius 1 is 1.27 bits per heavy atom. The van der Waals surface area contributed by atoms with Gasteiger partial charge in [-0.1, -0.05) is 13.8 Å². The molecule has 1 radical (unpaired) electrons. The number of hydrogen-bond acceptors (Lipinski definition) is 5. The topological polar surface area (TPSA) is 62.2 Å². The molecule has 2 heterocycles. The van der Waals surface area contributed by atoms with E-state index in [1.165, 1.54) is 11.1 Å². The quantitative estimate of drug-likeness (QED) is 0.730. The molecule has 0 amide bonds. The molecule has 1 aromatic rings. The van der Waals surface area contributed by atoms with Crippen LogP contribution in [0.4, 0.5) is 0 Å². The number of benzene rings is 1. The number of hydrogen-bond donors (Lipinski definition) is 2. The van der Waals surface area contributed by atoms with Crippen LogP contribution in [0, 0.1) is 18.3 Å². The Kier molecular flexibility index (Phi) is 6.43. The van der Waals surface area contributed by atoms with Gasteiger partial charge in [0.05, 0.1) is 19.8 Å². The number of fused-ring (bicyclic) bond motifs is 3. The second-order valence-corrected chi connectivity index (χ2v) is 7.89. The van der Waals surface area contributed by atoms with Gasteiger partial charge in [-0.3, -0.25) is 4.90 Å². The third kappa shape index (κ3) is 4.16. The lowest BCUT2D eigenvalue weighted by Crippen LogP contribution is -2.48. The number of methoxy groups -OCH3 is 1. The second-order valence-electron chi connectivity index (χ2n) is 7.89. The van der Waals surface area contributed by atoms with Gasteiger partial charge in [-0.2, -0.15) is 0 Å². The molecule has 0 aromatic heterocycles. The fourth-order valence-corrected chi connectivity index (χ4v) is 4.23. The zero-order valence-corrected chi connectivity index (χ0v) is 16.1. The van der Waals surface area contributed by atoms with Crippen LogP contribution in [0.5, 0.6) is 11.5 Å². The summed E-state index contributed by atoms with van der Waals surface area (Å²) in [6, 6.07) is 4.27. The molecule has 26 heavy (non-hydrogen) atoms. The van der Waals surface area contributed by atoms with Crippen LogP contribution in [0.15, 0.2) is 12.1 Å². The molecule has 0 spiro atoms. The minimum Gasteiger partial charge on any atom is -0.493 e. The maximum atomic E-state index is 10.6. The maximum absolute atomic E-state index is 10.6. The van der Waals surface area contributed by atoms with E-state index >= 15 is 0 Å². The summed E-state index contributed by atoms with van der Waals surface area (Å²) in [7, 11) is 1.65. The fourth-order valence-electron chi connectivity index (χ4n) is 4.23. The van der Waals surface area contributed by atoms with Gasteiger partial charge in [-0.15, -0.1) is 0 Å². The van der Waals surface area contributed by atoms with Gasteiger partial charge in [0, 0.05) is 38.6 Å². The molecule has 0 saturated carbocycles. The summed E-state index contributed by atoms with van der Waals surface area (Å²) in [6.07, 6.45) is 4.36. The summed E-state index contributed by atoms with van der Waals surface area (Å²) in [5.74, 6) is 2.36. The molecule has 145 valence electrons. The molecular weight excluding hydrogens is 330 g/mol. The normalized spacial score (nSPS) is 25.7. The van der Waals surface area contributed by atoms with Gasteiger partial charge in [0.2, 0.25) is 0 Å². The Morgan fingerprint density at radius 2 is 2.08 bits per heavy atom. The molecule has 1 fully saturated rings. The Morgan fingerprint density at radius 3 is 2.77 bits per heavy atom. The van der Waals surface area contributed by atoms with Crippen molar-refractivity contribution in [2.75, 3.05) is 33.4 Å². The highest BCUT2D eigenvalue weighted by Gasteiger charge is 2.39. The smallest absolute Gasteiger partial charge is 0.161 e.